The molecule has 0 atom stereocenters. The molecule has 3 nitrogen and oxygen atoms in total. The molecule has 0 aromatic heterocycles. The standard InChI is InChI=1S/C14H19FN2O/c1-10(18)16-12-7-8-13(15)14(9-12)17-11-5-3-2-4-6-11/h7-9,11,17H,2-6H2,1H3,(H,16,18). The van der Waals surface area contributed by atoms with Crippen molar-refractivity contribution in [2.75, 3.05) is 10.6 Å². The third kappa shape index (κ3) is 3.45. The zero-order chi connectivity index (χ0) is 13.0. The van der Waals surface area contributed by atoms with E-state index in [1.54, 1.807) is 12.1 Å². The molecular formula is C14H19FN2O. The van der Waals surface area contributed by atoms with Crippen molar-refractivity contribution in [3.05, 3.63) is 24.0 Å². The van der Waals surface area contributed by atoms with Gasteiger partial charge in [-0.15, -0.1) is 0 Å². The van der Waals surface area contributed by atoms with Crippen LogP contribution < -0.4 is 10.6 Å². The molecule has 1 aliphatic rings. The van der Waals surface area contributed by atoms with Crippen molar-refractivity contribution in [2.45, 2.75) is 45.1 Å². The topological polar surface area (TPSA) is 41.1 Å². The number of halogens is 1. The molecule has 1 amide bonds. The number of carbonyl (C=O) groups is 1. The number of carbonyl (C=O) groups excluding carboxylic acids is 1. The molecule has 0 spiro atoms. The van der Waals surface area contributed by atoms with Crippen LogP contribution in [-0.2, 0) is 4.79 Å². The maximum Gasteiger partial charge on any atom is 0.221 e. The molecule has 98 valence electrons. The smallest absolute Gasteiger partial charge is 0.221 e. The van der Waals surface area contributed by atoms with E-state index >= 15 is 0 Å². The monoisotopic (exact) mass is 250 g/mol. The van der Waals surface area contributed by atoms with Crippen LogP contribution in [0.4, 0.5) is 15.8 Å². The number of nitrogens with one attached hydrogen (secondary N) is 2. The Morgan fingerprint density at radius 3 is 2.67 bits per heavy atom. The highest BCUT2D eigenvalue weighted by Crippen LogP contribution is 2.25. The Hall–Kier alpha value is -1.58. The molecule has 1 saturated carbocycles. The van der Waals surface area contributed by atoms with Crippen LogP contribution in [0.5, 0.6) is 0 Å². The van der Waals surface area contributed by atoms with Gasteiger partial charge in [-0.05, 0) is 31.0 Å². The normalized spacial score (nSPS) is 16.3. The molecule has 2 rings (SSSR count). The van der Waals surface area contributed by atoms with Crippen molar-refractivity contribution < 1.29 is 9.18 Å². The summed E-state index contributed by atoms with van der Waals surface area (Å²) in [7, 11) is 0. The van der Waals surface area contributed by atoms with E-state index in [1.165, 1.54) is 32.3 Å². The van der Waals surface area contributed by atoms with Crippen molar-refractivity contribution >= 4 is 17.3 Å². The number of anilines is 2. The summed E-state index contributed by atoms with van der Waals surface area (Å²) in [5.41, 5.74) is 1.11. The maximum absolute atomic E-state index is 13.7. The Morgan fingerprint density at radius 2 is 2.00 bits per heavy atom. The van der Waals surface area contributed by atoms with E-state index < -0.39 is 0 Å². The van der Waals surface area contributed by atoms with Gasteiger partial charge in [0.1, 0.15) is 5.82 Å². The molecule has 18 heavy (non-hydrogen) atoms. The predicted molar refractivity (Wildman–Crippen MR) is 71.2 cm³/mol. The number of benzene rings is 1. The Bertz CT molecular complexity index is 428. The average molecular weight is 250 g/mol. The highest BCUT2D eigenvalue weighted by atomic mass is 19.1. The minimum absolute atomic E-state index is 0.148. The molecule has 0 unspecified atom stereocenters. The highest BCUT2D eigenvalue weighted by molar-refractivity contribution is 5.89. The van der Waals surface area contributed by atoms with Crippen LogP contribution in [0.3, 0.4) is 0 Å². The van der Waals surface area contributed by atoms with Crippen molar-refractivity contribution in [3.8, 4) is 0 Å². The molecule has 0 radical (unpaired) electrons. The zero-order valence-electron chi connectivity index (χ0n) is 10.6. The molecule has 2 N–H and O–H groups in total. The third-order valence-corrected chi connectivity index (χ3v) is 3.25. The quantitative estimate of drug-likeness (QED) is 0.861. The van der Waals surface area contributed by atoms with Gasteiger partial charge in [-0.3, -0.25) is 4.79 Å². The minimum Gasteiger partial charge on any atom is -0.380 e. The fourth-order valence-corrected chi connectivity index (χ4v) is 2.38. The summed E-state index contributed by atoms with van der Waals surface area (Å²) < 4.78 is 13.7. The largest absolute Gasteiger partial charge is 0.380 e. The summed E-state index contributed by atoms with van der Waals surface area (Å²) in [5, 5.41) is 5.90. The van der Waals surface area contributed by atoms with Gasteiger partial charge in [-0.2, -0.15) is 0 Å². The number of amides is 1. The fraction of sp³-hybridized carbons (Fsp3) is 0.500. The molecule has 0 saturated heterocycles. The molecule has 0 bridgehead atoms. The molecular weight excluding hydrogens is 231 g/mol. The van der Waals surface area contributed by atoms with Gasteiger partial charge in [-0.25, -0.2) is 4.39 Å². The first kappa shape index (κ1) is 12.9. The first-order chi connectivity index (χ1) is 8.65. The molecule has 0 heterocycles. The van der Waals surface area contributed by atoms with E-state index in [2.05, 4.69) is 10.6 Å². The number of rotatable bonds is 3. The molecule has 1 fully saturated rings. The third-order valence-electron chi connectivity index (χ3n) is 3.25. The highest BCUT2D eigenvalue weighted by Gasteiger charge is 2.15. The lowest BCUT2D eigenvalue weighted by atomic mass is 9.95. The predicted octanol–water partition coefficient (Wildman–Crippen LogP) is 3.53. The van der Waals surface area contributed by atoms with Crippen molar-refractivity contribution in [3.63, 3.8) is 0 Å². The van der Waals surface area contributed by atoms with Crippen molar-refractivity contribution in [1.82, 2.24) is 0 Å². The van der Waals surface area contributed by atoms with Crippen LogP contribution in [-0.4, -0.2) is 11.9 Å². The SMILES string of the molecule is CC(=O)Nc1ccc(F)c(NC2CCCCC2)c1. The summed E-state index contributed by atoms with van der Waals surface area (Å²) in [4.78, 5) is 11.0. The van der Waals surface area contributed by atoms with E-state index in [1.807, 2.05) is 0 Å². The summed E-state index contributed by atoms with van der Waals surface area (Å²) in [5.74, 6) is -0.417. The average Bonchev–Trinajstić information content (AvgIpc) is 2.34. The summed E-state index contributed by atoms with van der Waals surface area (Å²) in [6.45, 7) is 1.44. The van der Waals surface area contributed by atoms with E-state index in [-0.39, 0.29) is 11.7 Å². The maximum atomic E-state index is 13.7. The van der Waals surface area contributed by atoms with Crippen LogP contribution in [0.25, 0.3) is 0 Å². The van der Waals surface area contributed by atoms with Crippen LogP contribution >= 0.6 is 0 Å². The molecule has 1 aromatic rings. The Kier molecular flexibility index (Phi) is 4.18. The van der Waals surface area contributed by atoms with Gasteiger partial charge in [0.15, 0.2) is 0 Å². The second-order valence-corrected chi connectivity index (χ2v) is 4.86. The Morgan fingerprint density at radius 1 is 1.28 bits per heavy atom. The van der Waals surface area contributed by atoms with Crippen LogP contribution in [0.1, 0.15) is 39.0 Å². The van der Waals surface area contributed by atoms with Gasteiger partial charge in [0.05, 0.1) is 5.69 Å². The van der Waals surface area contributed by atoms with E-state index in [4.69, 9.17) is 0 Å². The van der Waals surface area contributed by atoms with Gasteiger partial charge in [0, 0.05) is 18.7 Å². The summed E-state index contributed by atoms with van der Waals surface area (Å²) in [6, 6.07) is 4.96. The van der Waals surface area contributed by atoms with Crippen LogP contribution in [0.2, 0.25) is 0 Å². The first-order valence-electron chi connectivity index (χ1n) is 6.49. The summed E-state index contributed by atoms with van der Waals surface area (Å²) >= 11 is 0. The van der Waals surface area contributed by atoms with E-state index in [0.29, 0.717) is 17.4 Å². The van der Waals surface area contributed by atoms with Gasteiger partial charge in [0.25, 0.3) is 0 Å². The van der Waals surface area contributed by atoms with Gasteiger partial charge < -0.3 is 10.6 Å². The van der Waals surface area contributed by atoms with E-state index in [0.717, 1.165) is 12.8 Å². The zero-order valence-corrected chi connectivity index (χ0v) is 10.6. The summed E-state index contributed by atoms with van der Waals surface area (Å²) in [6.07, 6.45) is 5.84. The van der Waals surface area contributed by atoms with Crippen LogP contribution in [0.15, 0.2) is 18.2 Å². The van der Waals surface area contributed by atoms with Crippen LogP contribution in [0, 0.1) is 5.82 Å². The van der Waals surface area contributed by atoms with Gasteiger partial charge in [-0.1, -0.05) is 19.3 Å². The second-order valence-electron chi connectivity index (χ2n) is 4.86. The van der Waals surface area contributed by atoms with Crippen molar-refractivity contribution in [1.29, 1.82) is 0 Å². The first-order valence-corrected chi connectivity index (χ1v) is 6.49. The number of hydrogen-bond donors (Lipinski definition) is 2. The fourth-order valence-electron chi connectivity index (χ4n) is 2.38. The van der Waals surface area contributed by atoms with E-state index in [9.17, 15) is 9.18 Å². The minimum atomic E-state index is -0.269. The van der Waals surface area contributed by atoms with Crippen molar-refractivity contribution in [2.24, 2.45) is 0 Å². The molecule has 0 aliphatic heterocycles. The van der Waals surface area contributed by atoms with Gasteiger partial charge >= 0.3 is 0 Å². The Balaban J connectivity index is 2.07. The second kappa shape index (κ2) is 5.85. The molecule has 4 heteroatoms. The lowest BCUT2D eigenvalue weighted by molar-refractivity contribution is -0.114. The molecule has 1 aromatic carbocycles. The lowest BCUT2D eigenvalue weighted by Crippen LogP contribution is -2.22. The Labute approximate surface area is 107 Å². The lowest BCUT2D eigenvalue weighted by Gasteiger charge is -2.24. The number of hydrogen-bond acceptors (Lipinski definition) is 2. The van der Waals surface area contributed by atoms with Gasteiger partial charge in [0.2, 0.25) is 5.91 Å². The molecule has 1 aliphatic carbocycles.